The van der Waals surface area contributed by atoms with Gasteiger partial charge in [0.25, 0.3) is 0 Å². The highest BCUT2D eigenvalue weighted by Gasteiger charge is 2.35. The average molecular weight is 357 g/mol. The first-order chi connectivity index (χ1) is 12.5. The van der Waals surface area contributed by atoms with E-state index < -0.39 is 0 Å². The predicted octanol–water partition coefficient (Wildman–Crippen LogP) is 3.10. The number of fused-ring (bicyclic) bond motifs is 1. The van der Waals surface area contributed by atoms with E-state index in [1.165, 1.54) is 6.07 Å². The van der Waals surface area contributed by atoms with Crippen molar-refractivity contribution in [2.75, 3.05) is 19.6 Å². The Hall–Kier alpha value is -2.21. The van der Waals surface area contributed by atoms with E-state index in [2.05, 4.69) is 23.9 Å². The van der Waals surface area contributed by atoms with Gasteiger partial charge in [-0.3, -0.25) is 4.79 Å². The fourth-order valence-corrected chi connectivity index (χ4v) is 3.98. The van der Waals surface area contributed by atoms with E-state index >= 15 is 0 Å². The van der Waals surface area contributed by atoms with Crippen LogP contribution in [0.3, 0.4) is 0 Å². The monoisotopic (exact) mass is 357 g/mol. The van der Waals surface area contributed by atoms with Crippen LogP contribution in [-0.2, 0) is 17.8 Å². The topological polar surface area (TPSA) is 49.6 Å². The van der Waals surface area contributed by atoms with Crippen molar-refractivity contribution >= 4 is 5.91 Å². The van der Waals surface area contributed by atoms with Gasteiger partial charge in [-0.05, 0) is 38.9 Å². The van der Waals surface area contributed by atoms with Crippen LogP contribution in [0, 0.1) is 11.7 Å². The Kier molecular flexibility index (Phi) is 4.53. The molecule has 1 aromatic carbocycles. The molecule has 0 radical (unpaired) electrons. The van der Waals surface area contributed by atoms with Crippen LogP contribution in [0.2, 0.25) is 0 Å². The molecule has 0 spiro atoms. The fraction of sp³-hybridized carbons (Fsp3) is 0.500. The largest absolute Gasteiger partial charge is 0.360 e. The maximum Gasteiger partial charge on any atom is 0.227 e. The van der Waals surface area contributed by atoms with E-state index in [-0.39, 0.29) is 17.6 Å². The summed E-state index contributed by atoms with van der Waals surface area (Å²) in [6.45, 7) is 7.20. The molecule has 4 rings (SSSR count). The number of nitrogens with zero attached hydrogens (tertiary/aromatic N) is 3. The normalized spacial score (nSPS) is 20.6. The molecule has 2 aliphatic rings. The van der Waals surface area contributed by atoms with Crippen LogP contribution < -0.4 is 0 Å². The molecule has 3 heterocycles. The molecule has 1 amide bonds. The molecule has 1 atom stereocenters. The Bertz CT molecular complexity index is 817. The molecule has 1 fully saturated rings. The van der Waals surface area contributed by atoms with Crippen molar-refractivity contribution < 1.29 is 13.7 Å². The lowest BCUT2D eigenvalue weighted by atomic mass is 9.99. The molecule has 0 N–H and O–H groups in total. The van der Waals surface area contributed by atoms with Gasteiger partial charge in [-0.25, -0.2) is 4.39 Å². The van der Waals surface area contributed by atoms with Crippen molar-refractivity contribution in [1.29, 1.82) is 0 Å². The third kappa shape index (κ3) is 3.03. The SMILES string of the molecule is CC(C)N1CC[C@H](C(=O)N2CCc3onc(-c4ccccc4F)c3C2)C1. The molecule has 1 saturated heterocycles. The van der Waals surface area contributed by atoms with Gasteiger partial charge in [0.2, 0.25) is 5.91 Å². The lowest BCUT2D eigenvalue weighted by molar-refractivity contribution is -0.136. The molecule has 0 aliphatic carbocycles. The minimum absolute atomic E-state index is 0.0516. The quantitative estimate of drug-likeness (QED) is 0.847. The van der Waals surface area contributed by atoms with Crippen LogP contribution in [0.25, 0.3) is 11.3 Å². The number of rotatable bonds is 3. The predicted molar refractivity (Wildman–Crippen MR) is 95.8 cm³/mol. The summed E-state index contributed by atoms with van der Waals surface area (Å²) in [5.41, 5.74) is 1.79. The first kappa shape index (κ1) is 17.2. The van der Waals surface area contributed by atoms with Crippen molar-refractivity contribution in [3.05, 3.63) is 41.4 Å². The Morgan fingerprint density at radius 1 is 1.31 bits per heavy atom. The van der Waals surface area contributed by atoms with Gasteiger partial charge in [0, 0.05) is 36.7 Å². The van der Waals surface area contributed by atoms with E-state index in [9.17, 15) is 9.18 Å². The molecule has 0 saturated carbocycles. The van der Waals surface area contributed by atoms with Crippen molar-refractivity contribution in [2.24, 2.45) is 5.92 Å². The number of aromatic nitrogens is 1. The van der Waals surface area contributed by atoms with Gasteiger partial charge >= 0.3 is 0 Å². The van der Waals surface area contributed by atoms with Crippen molar-refractivity contribution in [3.63, 3.8) is 0 Å². The highest BCUT2D eigenvalue weighted by molar-refractivity contribution is 5.80. The van der Waals surface area contributed by atoms with Gasteiger partial charge in [-0.15, -0.1) is 0 Å². The molecule has 5 nitrogen and oxygen atoms in total. The second-order valence-corrected chi connectivity index (χ2v) is 7.50. The number of amides is 1. The molecule has 2 aromatic rings. The average Bonchev–Trinajstić information content (AvgIpc) is 3.28. The Morgan fingerprint density at radius 2 is 2.12 bits per heavy atom. The molecular formula is C20H24FN3O2. The van der Waals surface area contributed by atoms with Crippen molar-refractivity contribution in [1.82, 2.24) is 15.0 Å². The van der Waals surface area contributed by atoms with Crippen LogP contribution in [0.1, 0.15) is 31.6 Å². The zero-order valence-electron chi connectivity index (χ0n) is 15.2. The number of likely N-dealkylation sites (tertiary alicyclic amines) is 1. The van der Waals surface area contributed by atoms with Crippen LogP contribution in [-0.4, -0.2) is 46.5 Å². The molecule has 1 aromatic heterocycles. The fourth-order valence-electron chi connectivity index (χ4n) is 3.98. The van der Waals surface area contributed by atoms with Gasteiger partial charge < -0.3 is 14.3 Å². The summed E-state index contributed by atoms with van der Waals surface area (Å²) in [6, 6.07) is 7.02. The molecule has 0 bridgehead atoms. The molecule has 6 heteroatoms. The Labute approximate surface area is 152 Å². The number of carbonyl (C=O) groups excluding carboxylic acids is 1. The van der Waals surface area contributed by atoms with Crippen molar-refractivity contribution in [2.45, 2.75) is 39.3 Å². The van der Waals surface area contributed by atoms with Gasteiger partial charge in [0.05, 0.1) is 12.5 Å². The van der Waals surface area contributed by atoms with Gasteiger partial charge in [-0.1, -0.05) is 17.3 Å². The van der Waals surface area contributed by atoms with E-state index in [0.717, 1.165) is 30.8 Å². The minimum Gasteiger partial charge on any atom is -0.360 e. The third-order valence-corrected chi connectivity index (χ3v) is 5.57. The molecular weight excluding hydrogens is 333 g/mol. The molecule has 138 valence electrons. The maximum absolute atomic E-state index is 14.2. The number of benzene rings is 1. The summed E-state index contributed by atoms with van der Waals surface area (Å²) in [6.07, 6.45) is 1.54. The second kappa shape index (κ2) is 6.83. The summed E-state index contributed by atoms with van der Waals surface area (Å²) in [5.74, 6) is 0.688. The van der Waals surface area contributed by atoms with Gasteiger partial charge in [0.1, 0.15) is 17.3 Å². The summed E-state index contributed by atoms with van der Waals surface area (Å²) in [4.78, 5) is 17.2. The van der Waals surface area contributed by atoms with Crippen LogP contribution in [0.15, 0.2) is 28.8 Å². The van der Waals surface area contributed by atoms with E-state index in [0.29, 0.717) is 36.8 Å². The van der Waals surface area contributed by atoms with Gasteiger partial charge in [-0.2, -0.15) is 0 Å². The Balaban J connectivity index is 1.54. The van der Waals surface area contributed by atoms with E-state index in [1.54, 1.807) is 18.2 Å². The highest BCUT2D eigenvalue weighted by atomic mass is 19.1. The standard InChI is InChI=1S/C20H24FN3O2/c1-13(2)23-9-7-14(11-23)20(25)24-10-8-18-16(12-24)19(22-26-18)15-5-3-4-6-17(15)21/h3-6,13-14H,7-12H2,1-2H3/t14-/m0/s1. The number of hydrogen-bond donors (Lipinski definition) is 0. The van der Waals surface area contributed by atoms with Crippen molar-refractivity contribution in [3.8, 4) is 11.3 Å². The summed E-state index contributed by atoms with van der Waals surface area (Å²) in [7, 11) is 0. The first-order valence-corrected chi connectivity index (χ1v) is 9.29. The van der Waals surface area contributed by atoms with Crippen LogP contribution >= 0.6 is 0 Å². The van der Waals surface area contributed by atoms with E-state index in [1.807, 2.05) is 4.90 Å². The zero-order chi connectivity index (χ0) is 18.3. The van der Waals surface area contributed by atoms with Gasteiger partial charge in [0.15, 0.2) is 0 Å². The Morgan fingerprint density at radius 3 is 2.85 bits per heavy atom. The maximum atomic E-state index is 14.2. The number of halogens is 1. The number of carbonyl (C=O) groups is 1. The smallest absolute Gasteiger partial charge is 0.227 e. The first-order valence-electron chi connectivity index (χ1n) is 9.29. The highest BCUT2D eigenvalue weighted by Crippen LogP contribution is 2.32. The van der Waals surface area contributed by atoms with E-state index in [4.69, 9.17) is 4.52 Å². The third-order valence-electron chi connectivity index (χ3n) is 5.57. The minimum atomic E-state index is -0.324. The lowest BCUT2D eigenvalue weighted by Crippen LogP contribution is -2.41. The molecule has 26 heavy (non-hydrogen) atoms. The summed E-state index contributed by atoms with van der Waals surface area (Å²) in [5, 5.41) is 4.09. The summed E-state index contributed by atoms with van der Waals surface area (Å²) >= 11 is 0. The lowest BCUT2D eigenvalue weighted by Gasteiger charge is -2.29. The second-order valence-electron chi connectivity index (χ2n) is 7.50. The van der Waals surface area contributed by atoms with Crippen LogP contribution in [0.5, 0.6) is 0 Å². The molecule has 0 unspecified atom stereocenters. The molecule has 2 aliphatic heterocycles. The van der Waals surface area contributed by atoms with Crippen LogP contribution in [0.4, 0.5) is 4.39 Å². The number of hydrogen-bond acceptors (Lipinski definition) is 4. The summed E-state index contributed by atoms with van der Waals surface area (Å²) < 4.78 is 19.6. The zero-order valence-corrected chi connectivity index (χ0v) is 15.2.